The normalized spacial score (nSPS) is 22.7. The fourth-order valence-electron chi connectivity index (χ4n) is 2.23. The maximum atomic E-state index is 13.4. The summed E-state index contributed by atoms with van der Waals surface area (Å²) in [5, 5.41) is 5.98. The van der Waals surface area contributed by atoms with Gasteiger partial charge in [-0.15, -0.1) is 0 Å². The lowest BCUT2D eigenvalue weighted by molar-refractivity contribution is -0.117. The van der Waals surface area contributed by atoms with Crippen LogP contribution in [0.5, 0.6) is 0 Å². The minimum absolute atomic E-state index is 0.0485. The third-order valence-electron chi connectivity index (χ3n) is 3.47. The van der Waals surface area contributed by atoms with E-state index in [0.29, 0.717) is 17.2 Å². The van der Waals surface area contributed by atoms with Crippen molar-refractivity contribution in [2.24, 2.45) is 5.92 Å². The molecule has 1 atom stereocenters. The summed E-state index contributed by atoms with van der Waals surface area (Å²) in [4.78, 5) is 11.8. The Labute approximate surface area is 99.4 Å². The molecule has 0 radical (unpaired) electrons. The van der Waals surface area contributed by atoms with E-state index in [2.05, 4.69) is 10.6 Å². The SMILES string of the molecule is Cc1cc2c(cc1F)NC(=O)C(CC1CC1)N2. The zero-order valence-corrected chi connectivity index (χ0v) is 9.72. The number of carbonyl (C=O) groups excluding carboxylic acids is 1. The number of halogens is 1. The van der Waals surface area contributed by atoms with E-state index in [1.807, 2.05) is 0 Å². The van der Waals surface area contributed by atoms with Crippen LogP contribution in [0.3, 0.4) is 0 Å². The van der Waals surface area contributed by atoms with Crippen LogP contribution in [0.15, 0.2) is 12.1 Å². The van der Waals surface area contributed by atoms with E-state index < -0.39 is 0 Å². The fourth-order valence-corrected chi connectivity index (χ4v) is 2.23. The van der Waals surface area contributed by atoms with Gasteiger partial charge in [-0.3, -0.25) is 4.79 Å². The highest BCUT2D eigenvalue weighted by molar-refractivity contribution is 6.03. The molecule has 1 fully saturated rings. The van der Waals surface area contributed by atoms with Crippen LogP contribution < -0.4 is 10.6 Å². The summed E-state index contributed by atoms with van der Waals surface area (Å²) in [6.07, 6.45) is 3.32. The van der Waals surface area contributed by atoms with Crippen molar-refractivity contribution < 1.29 is 9.18 Å². The van der Waals surface area contributed by atoms with E-state index in [0.717, 1.165) is 12.1 Å². The van der Waals surface area contributed by atoms with Gasteiger partial charge in [-0.25, -0.2) is 4.39 Å². The van der Waals surface area contributed by atoms with E-state index in [1.54, 1.807) is 13.0 Å². The molecule has 0 spiro atoms. The van der Waals surface area contributed by atoms with Crippen molar-refractivity contribution in [3.63, 3.8) is 0 Å². The van der Waals surface area contributed by atoms with Crippen molar-refractivity contribution in [3.05, 3.63) is 23.5 Å². The second kappa shape index (κ2) is 3.72. The van der Waals surface area contributed by atoms with Crippen molar-refractivity contribution in [1.82, 2.24) is 0 Å². The highest BCUT2D eigenvalue weighted by Gasteiger charge is 2.32. The Kier molecular flexibility index (Phi) is 2.31. The topological polar surface area (TPSA) is 41.1 Å². The monoisotopic (exact) mass is 234 g/mol. The first kappa shape index (κ1) is 10.6. The molecule has 1 heterocycles. The molecule has 1 aliphatic heterocycles. The van der Waals surface area contributed by atoms with Crippen molar-refractivity contribution in [3.8, 4) is 0 Å². The van der Waals surface area contributed by atoms with Crippen molar-refractivity contribution in [1.29, 1.82) is 0 Å². The molecule has 1 saturated carbocycles. The molecule has 0 aromatic heterocycles. The molecule has 3 rings (SSSR count). The third kappa shape index (κ3) is 1.99. The lowest BCUT2D eigenvalue weighted by atomic mass is 10.0. The highest BCUT2D eigenvalue weighted by atomic mass is 19.1. The van der Waals surface area contributed by atoms with Gasteiger partial charge in [-0.2, -0.15) is 0 Å². The summed E-state index contributed by atoms with van der Waals surface area (Å²) >= 11 is 0. The molecule has 2 aliphatic rings. The van der Waals surface area contributed by atoms with Gasteiger partial charge in [0.2, 0.25) is 5.91 Å². The lowest BCUT2D eigenvalue weighted by Gasteiger charge is -2.27. The van der Waals surface area contributed by atoms with Gasteiger partial charge in [0.05, 0.1) is 11.4 Å². The molecular weight excluding hydrogens is 219 g/mol. The first-order valence-electron chi connectivity index (χ1n) is 6.01. The molecule has 1 unspecified atom stereocenters. The maximum Gasteiger partial charge on any atom is 0.246 e. The first-order chi connectivity index (χ1) is 8.13. The van der Waals surface area contributed by atoms with Crippen LogP contribution in [0, 0.1) is 18.7 Å². The first-order valence-corrected chi connectivity index (χ1v) is 6.01. The number of anilines is 2. The van der Waals surface area contributed by atoms with Crippen LogP contribution >= 0.6 is 0 Å². The summed E-state index contributed by atoms with van der Waals surface area (Å²) in [6, 6.07) is 2.97. The molecule has 4 heteroatoms. The van der Waals surface area contributed by atoms with Crippen LogP contribution in [-0.2, 0) is 4.79 Å². The molecular formula is C13H15FN2O. The summed E-state index contributed by atoms with van der Waals surface area (Å²) in [7, 11) is 0. The number of rotatable bonds is 2. The van der Waals surface area contributed by atoms with Gasteiger partial charge in [-0.1, -0.05) is 12.8 Å². The number of hydrogen-bond acceptors (Lipinski definition) is 2. The van der Waals surface area contributed by atoms with E-state index in [9.17, 15) is 9.18 Å². The van der Waals surface area contributed by atoms with Gasteiger partial charge < -0.3 is 10.6 Å². The number of fused-ring (bicyclic) bond motifs is 1. The summed E-state index contributed by atoms with van der Waals surface area (Å²) in [5.41, 5.74) is 1.97. The number of benzene rings is 1. The van der Waals surface area contributed by atoms with Crippen LogP contribution in [0.2, 0.25) is 0 Å². The Hall–Kier alpha value is -1.58. The Balaban J connectivity index is 1.87. The Morgan fingerprint density at radius 3 is 2.82 bits per heavy atom. The molecule has 17 heavy (non-hydrogen) atoms. The van der Waals surface area contributed by atoms with E-state index in [-0.39, 0.29) is 17.8 Å². The van der Waals surface area contributed by atoms with Crippen molar-refractivity contribution in [2.45, 2.75) is 32.2 Å². The van der Waals surface area contributed by atoms with E-state index in [1.165, 1.54) is 18.9 Å². The number of hydrogen-bond donors (Lipinski definition) is 2. The van der Waals surface area contributed by atoms with E-state index >= 15 is 0 Å². The third-order valence-corrected chi connectivity index (χ3v) is 3.47. The average Bonchev–Trinajstić information content (AvgIpc) is 3.06. The molecule has 90 valence electrons. The van der Waals surface area contributed by atoms with Crippen LogP contribution in [0.1, 0.15) is 24.8 Å². The largest absolute Gasteiger partial charge is 0.372 e. The van der Waals surface area contributed by atoms with Gasteiger partial charge in [0.25, 0.3) is 0 Å². The van der Waals surface area contributed by atoms with Crippen LogP contribution in [0.4, 0.5) is 15.8 Å². The predicted octanol–water partition coefficient (Wildman–Crippen LogP) is 2.67. The van der Waals surface area contributed by atoms with Crippen molar-refractivity contribution >= 4 is 17.3 Å². The van der Waals surface area contributed by atoms with Gasteiger partial charge in [0.1, 0.15) is 11.9 Å². The predicted molar refractivity (Wildman–Crippen MR) is 64.5 cm³/mol. The Bertz CT molecular complexity index is 483. The molecule has 0 bridgehead atoms. The fraction of sp³-hybridized carbons (Fsp3) is 0.462. The van der Waals surface area contributed by atoms with Crippen LogP contribution in [0.25, 0.3) is 0 Å². The van der Waals surface area contributed by atoms with Crippen LogP contribution in [-0.4, -0.2) is 11.9 Å². The Morgan fingerprint density at radius 2 is 2.12 bits per heavy atom. The molecule has 1 aromatic rings. The van der Waals surface area contributed by atoms with Gasteiger partial charge in [-0.05, 0) is 37.0 Å². The molecule has 3 nitrogen and oxygen atoms in total. The lowest BCUT2D eigenvalue weighted by Crippen LogP contribution is -2.39. The van der Waals surface area contributed by atoms with Gasteiger partial charge in [0.15, 0.2) is 0 Å². The smallest absolute Gasteiger partial charge is 0.246 e. The standard InChI is InChI=1S/C13H15FN2O/c1-7-4-10-11(6-9(7)14)16-13(17)12(15-10)5-8-2-3-8/h4,6,8,12,15H,2-3,5H2,1H3,(H,16,17). The number of amides is 1. The molecule has 2 N–H and O–H groups in total. The molecule has 0 saturated heterocycles. The summed E-state index contributed by atoms with van der Waals surface area (Å²) in [5.74, 6) is 0.348. The highest BCUT2D eigenvalue weighted by Crippen LogP contribution is 2.37. The van der Waals surface area contributed by atoms with Crippen molar-refractivity contribution in [2.75, 3.05) is 10.6 Å². The molecule has 1 amide bonds. The second-order valence-corrected chi connectivity index (χ2v) is 5.01. The number of nitrogens with one attached hydrogen (secondary N) is 2. The minimum Gasteiger partial charge on any atom is -0.372 e. The zero-order chi connectivity index (χ0) is 12.0. The summed E-state index contributed by atoms with van der Waals surface area (Å²) < 4.78 is 13.4. The summed E-state index contributed by atoms with van der Waals surface area (Å²) in [6.45, 7) is 1.73. The zero-order valence-electron chi connectivity index (χ0n) is 9.72. The quantitative estimate of drug-likeness (QED) is 0.826. The number of carbonyl (C=O) groups is 1. The second-order valence-electron chi connectivity index (χ2n) is 5.01. The Morgan fingerprint density at radius 1 is 1.35 bits per heavy atom. The molecule has 1 aromatic carbocycles. The number of aryl methyl sites for hydroxylation is 1. The maximum absolute atomic E-state index is 13.4. The van der Waals surface area contributed by atoms with E-state index in [4.69, 9.17) is 0 Å². The minimum atomic E-state index is -0.286. The van der Waals surface area contributed by atoms with Gasteiger partial charge in [0, 0.05) is 0 Å². The van der Waals surface area contributed by atoms with Gasteiger partial charge >= 0.3 is 0 Å². The average molecular weight is 234 g/mol. The molecule has 1 aliphatic carbocycles.